The Balaban J connectivity index is 1.38. The first-order valence-electron chi connectivity index (χ1n) is 24.2. The average Bonchev–Trinajstić information content (AvgIpc) is 3.70. The Morgan fingerprint density at radius 3 is 2.16 bits per heavy atom. The number of rotatable bonds is 14. The number of amides is 1. The van der Waals surface area contributed by atoms with E-state index >= 15 is 4.79 Å². The molecule has 4 aliphatic rings. The third kappa shape index (κ3) is 10.4. The Morgan fingerprint density at radius 2 is 1.59 bits per heavy atom. The first-order chi connectivity index (χ1) is 35.1. The summed E-state index contributed by atoms with van der Waals surface area (Å²) < 4.78 is 48.9. The molecule has 23 heteroatoms. The van der Waals surface area contributed by atoms with E-state index in [1.807, 2.05) is 0 Å². The highest BCUT2D eigenvalue weighted by Crippen LogP contribution is 2.65. The number of esters is 4. The highest BCUT2D eigenvalue weighted by atomic mass is 16.7. The number of aliphatic hydroxyl groups is 2. The van der Waals surface area contributed by atoms with Crippen molar-refractivity contribution >= 4 is 47.7 Å². The summed E-state index contributed by atoms with van der Waals surface area (Å²) in [6.45, 7) is 13.1. The van der Waals surface area contributed by atoms with Gasteiger partial charge in [-0.3, -0.25) is 14.4 Å². The maximum atomic E-state index is 16.2. The monoisotopic (exact) mass is 1050 g/mol. The molecule has 23 nitrogen and oxygen atoms in total. The molecule has 1 aromatic heterocycles. The average molecular weight is 1050 g/mol. The first-order valence-corrected chi connectivity index (χ1v) is 24.2. The van der Waals surface area contributed by atoms with E-state index < -0.39 is 143 Å². The van der Waals surface area contributed by atoms with Gasteiger partial charge in [0.2, 0.25) is 0 Å². The molecule has 2 heterocycles. The lowest BCUT2D eigenvalue weighted by molar-refractivity contribution is -0.392. The number of alkyl carbamates (subject to hydrolysis) is 1. The first kappa shape index (κ1) is 55.5. The molecule has 3 aliphatic carbocycles. The predicted octanol–water partition coefficient (Wildman–Crippen LogP) is 5.10. The van der Waals surface area contributed by atoms with Crippen molar-refractivity contribution in [3.05, 3.63) is 105 Å². The van der Waals surface area contributed by atoms with E-state index in [0.29, 0.717) is 0 Å². The normalized spacial score (nSPS) is 28.5. The van der Waals surface area contributed by atoms with E-state index in [2.05, 4.69) is 10.3 Å². The van der Waals surface area contributed by atoms with E-state index in [4.69, 9.17) is 37.9 Å². The summed E-state index contributed by atoms with van der Waals surface area (Å²) in [5, 5.41) is 40.0. The number of hydrogen-bond donors (Lipinski definition) is 3. The van der Waals surface area contributed by atoms with Gasteiger partial charge in [0.25, 0.3) is 0 Å². The van der Waals surface area contributed by atoms with Crippen molar-refractivity contribution < 1.29 is 86.6 Å². The van der Waals surface area contributed by atoms with Crippen LogP contribution < -0.4 is 5.32 Å². The van der Waals surface area contributed by atoms with Crippen LogP contribution in [-0.2, 0) is 63.6 Å². The van der Waals surface area contributed by atoms with Crippen molar-refractivity contribution in [2.45, 2.75) is 148 Å². The number of Topliss-reactive ketones (excluding diaryl/α,β-unsaturated/α-hetero) is 1. The number of nitrogens with one attached hydrogen (secondary N) is 1. The summed E-state index contributed by atoms with van der Waals surface area (Å²) in [4.78, 5) is 114. The van der Waals surface area contributed by atoms with Gasteiger partial charge in [-0.1, -0.05) is 62.4 Å². The van der Waals surface area contributed by atoms with Gasteiger partial charge >= 0.3 is 41.9 Å². The van der Waals surface area contributed by atoms with Crippen LogP contribution in [0.3, 0.4) is 0 Å². The molecule has 2 saturated carbocycles. The summed E-state index contributed by atoms with van der Waals surface area (Å²) in [5.41, 5.74) is -9.42. The molecule has 2 aromatic carbocycles. The Hall–Kier alpha value is -7.24. The SMILES string of the molecule is CC(=O)OC1C(=O)[C@@]2(C)C([C@H](OC(=O)c3ccccc3)[C@]3(O)C[C@H](OC(=O)[C@H](O)[C@@H](NC(=O)OC(C)(C)C)c4ccccc4)C(C)=C1C3(C)C)[C@]1(OC(C)=O)CO[C@@H]1C[C@@H]2OC(=O)OCCn1c([N+](=O)[O-])cnc1C. The number of hydrogen-bond acceptors (Lipinski definition) is 20. The molecule has 3 fully saturated rings. The van der Waals surface area contributed by atoms with Gasteiger partial charge in [0.15, 0.2) is 29.4 Å². The number of aromatic nitrogens is 2. The van der Waals surface area contributed by atoms with E-state index in [-0.39, 0.29) is 46.9 Å². The quantitative estimate of drug-likeness (QED) is 0.0621. The lowest BCUT2D eigenvalue weighted by Crippen LogP contribution is -2.82. The minimum absolute atomic E-state index is 0.0198. The summed E-state index contributed by atoms with van der Waals surface area (Å²) >= 11 is 0. The largest absolute Gasteiger partial charge is 0.508 e. The zero-order valence-electron chi connectivity index (χ0n) is 43.2. The number of ketones is 1. The van der Waals surface area contributed by atoms with Crippen LogP contribution in [0.2, 0.25) is 0 Å². The lowest BCUT2D eigenvalue weighted by atomic mass is 9.44. The molecule has 1 saturated heterocycles. The zero-order valence-corrected chi connectivity index (χ0v) is 43.2. The second kappa shape index (κ2) is 20.8. The van der Waals surface area contributed by atoms with E-state index in [1.54, 1.807) is 69.3 Å². The third-order valence-corrected chi connectivity index (χ3v) is 14.8. The number of aliphatic hydroxyl groups excluding tert-OH is 1. The van der Waals surface area contributed by atoms with Crippen LogP contribution in [0, 0.1) is 33.8 Å². The fourth-order valence-corrected chi connectivity index (χ4v) is 11.2. The summed E-state index contributed by atoms with van der Waals surface area (Å²) in [6.07, 6.45) is -13.0. The van der Waals surface area contributed by atoms with E-state index in [0.717, 1.165) is 20.0 Å². The van der Waals surface area contributed by atoms with Crippen LogP contribution >= 0.6 is 0 Å². The number of ether oxygens (including phenoxy) is 8. The van der Waals surface area contributed by atoms with Crippen molar-refractivity contribution in [1.82, 2.24) is 14.9 Å². The molecule has 11 atom stereocenters. The molecule has 7 rings (SSSR count). The highest BCUT2D eigenvalue weighted by molar-refractivity contribution is 5.96. The van der Waals surface area contributed by atoms with Gasteiger partial charge < -0.3 is 63.5 Å². The van der Waals surface area contributed by atoms with Crippen LogP contribution in [0.25, 0.3) is 0 Å². The number of aryl methyl sites for hydroxylation is 1. The number of imidazole rings is 1. The van der Waals surface area contributed by atoms with Crippen molar-refractivity contribution in [3.8, 4) is 0 Å². The molecule has 75 heavy (non-hydrogen) atoms. The third-order valence-electron chi connectivity index (χ3n) is 14.8. The maximum absolute atomic E-state index is 16.2. The van der Waals surface area contributed by atoms with Gasteiger partial charge in [-0.15, -0.1) is 0 Å². The second-order valence-electron chi connectivity index (χ2n) is 20.9. The molecular weight excluding hydrogens is 985 g/mol. The van der Waals surface area contributed by atoms with Gasteiger partial charge in [0.05, 0.1) is 29.5 Å². The van der Waals surface area contributed by atoms with Gasteiger partial charge in [-0.05, 0) is 68.4 Å². The molecule has 2 unspecified atom stereocenters. The van der Waals surface area contributed by atoms with Crippen LogP contribution in [0.4, 0.5) is 15.4 Å². The molecule has 2 bridgehead atoms. The van der Waals surface area contributed by atoms with Crippen LogP contribution in [0.5, 0.6) is 0 Å². The Bertz CT molecular complexity index is 2770. The standard InChI is InChI=1S/C52H62N4O19/c1-27-33(71-45(62)39(59)38(31-17-13-11-14-18-31)54-46(63)75-48(5,6)7)24-52(65)43(73-44(61)32-19-15-12-16-20-32)41-50(10,42(60)40(70-29(3)57)37(27)49(52,8)9)34(23-35-51(41,26-69-35)74-30(4)58)72-47(64)68-22-21-55-28(2)53-25-36(55)56(66)67/h11-20,25,33-35,38-41,43,59,65H,21-24,26H2,1-10H3,(H,54,63)/t33-,34-,35+,38-,39+,40?,41?,43-,50+,51-,52+/m0/s1. The van der Waals surface area contributed by atoms with Gasteiger partial charge in [0.1, 0.15) is 55.0 Å². The molecule has 3 aromatic rings. The predicted molar refractivity (Wildman–Crippen MR) is 257 cm³/mol. The molecule has 404 valence electrons. The molecular formula is C52H62N4O19. The van der Waals surface area contributed by atoms with Crippen LogP contribution in [0.1, 0.15) is 103 Å². The Morgan fingerprint density at radius 1 is 0.947 bits per heavy atom. The van der Waals surface area contributed by atoms with Crippen molar-refractivity contribution in [1.29, 1.82) is 0 Å². The summed E-state index contributed by atoms with van der Waals surface area (Å²) in [5.74, 6) is -7.13. The fraction of sp³-hybridized carbons (Fsp3) is 0.538. The van der Waals surface area contributed by atoms with Crippen LogP contribution in [-0.4, -0.2) is 133 Å². The lowest BCUT2D eigenvalue weighted by Gasteiger charge is -2.67. The van der Waals surface area contributed by atoms with Gasteiger partial charge in [0, 0.05) is 39.0 Å². The fourth-order valence-electron chi connectivity index (χ4n) is 11.2. The molecule has 3 N–H and O–H groups in total. The molecule has 0 spiro atoms. The highest BCUT2D eigenvalue weighted by Gasteiger charge is 2.79. The second-order valence-corrected chi connectivity index (χ2v) is 20.9. The number of nitrogens with zero attached hydrogens (tertiary/aromatic N) is 3. The smallest absolute Gasteiger partial charge is 0.456 e. The number of benzene rings is 2. The molecule has 1 aliphatic heterocycles. The topological polar surface area (TPSA) is 307 Å². The van der Waals surface area contributed by atoms with E-state index in [9.17, 15) is 49.1 Å². The zero-order chi connectivity index (χ0) is 55.2. The van der Waals surface area contributed by atoms with Crippen molar-refractivity contribution in [3.63, 3.8) is 0 Å². The summed E-state index contributed by atoms with van der Waals surface area (Å²) in [6, 6.07) is 14.1. The van der Waals surface area contributed by atoms with Crippen molar-refractivity contribution in [2.75, 3.05) is 13.2 Å². The molecule has 0 radical (unpaired) electrons. The number of carbonyl (C=O) groups excluding carboxylic acids is 7. The Kier molecular flexibility index (Phi) is 15.4. The number of carbonyl (C=O) groups is 7. The van der Waals surface area contributed by atoms with Crippen LogP contribution in [0.15, 0.2) is 78.0 Å². The van der Waals surface area contributed by atoms with E-state index in [1.165, 1.54) is 51.3 Å². The number of fused-ring (bicyclic) bond motifs is 5. The number of nitro groups is 1. The van der Waals surface area contributed by atoms with Crippen molar-refractivity contribution in [2.24, 2.45) is 16.7 Å². The maximum Gasteiger partial charge on any atom is 0.508 e. The molecule has 1 amide bonds. The summed E-state index contributed by atoms with van der Waals surface area (Å²) in [7, 11) is 0. The minimum atomic E-state index is -2.56. The minimum Gasteiger partial charge on any atom is -0.456 e. The van der Waals surface area contributed by atoms with Gasteiger partial charge in [-0.25, -0.2) is 28.7 Å². The van der Waals surface area contributed by atoms with Gasteiger partial charge in [-0.2, -0.15) is 0 Å². The Labute approximate surface area is 431 Å².